The van der Waals surface area contributed by atoms with Gasteiger partial charge in [-0.15, -0.1) is 11.6 Å². The largest absolute Gasteiger partial charge is 0.376 e. The minimum atomic E-state index is -0.133. The predicted molar refractivity (Wildman–Crippen MR) is 162 cm³/mol. The number of nitrogens with zero attached hydrogens (tertiary/aromatic N) is 2. The van der Waals surface area contributed by atoms with Gasteiger partial charge in [-0.05, 0) is 78.9 Å². The minimum Gasteiger partial charge on any atom is -0.376 e. The molecule has 4 fully saturated rings. The molecule has 10 nitrogen and oxygen atoms in total. The first-order valence-corrected chi connectivity index (χ1v) is 16.4. The summed E-state index contributed by atoms with van der Waals surface area (Å²) in [5.41, 5.74) is 0. The van der Waals surface area contributed by atoms with Crippen molar-refractivity contribution in [2.45, 2.75) is 113 Å². The van der Waals surface area contributed by atoms with Crippen LogP contribution in [0.1, 0.15) is 58.8 Å². The Morgan fingerprint density at radius 1 is 1.07 bits per heavy atom. The average molecular weight is 596 g/mol. The molecule has 0 aromatic heterocycles. The summed E-state index contributed by atoms with van der Waals surface area (Å²) >= 11 is 6.89. The Morgan fingerprint density at radius 3 is 2.59 bits per heavy atom. The second-order valence-corrected chi connectivity index (χ2v) is 13.5. The van der Waals surface area contributed by atoms with Crippen LogP contribution < -0.4 is 26.6 Å². The number of piperazine rings is 1. The second-order valence-electron chi connectivity index (χ2n) is 13.0. The lowest BCUT2D eigenvalue weighted by molar-refractivity contribution is -0.124. The van der Waals surface area contributed by atoms with Crippen LogP contribution in [0.4, 0.5) is 0 Å². The van der Waals surface area contributed by atoms with Crippen LogP contribution in [0.25, 0.3) is 0 Å². The fourth-order valence-electron chi connectivity index (χ4n) is 7.17. The van der Waals surface area contributed by atoms with Gasteiger partial charge in [-0.2, -0.15) is 5.26 Å². The van der Waals surface area contributed by atoms with Crippen LogP contribution in [0.15, 0.2) is 0 Å². The summed E-state index contributed by atoms with van der Waals surface area (Å²) in [4.78, 5) is 15.0. The van der Waals surface area contributed by atoms with Gasteiger partial charge in [-0.3, -0.25) is 4.79 Å². The van der Waals surface area contributed by atoms with Gasteiger partial charge >= 0.3 is 0 Å². The molecule has 11 unspecified atom stereocenters. The number of amides is 1. The maximum absolute atomic E-state index is 12.9. The molecule has 2 aliphatic heterocycles. The highest BCUT2D eigenvalue weighted by Crippen LogP contribution is 2.36. The fraction of sp³-hybridized carbons (Fsp3) is 0.933. The predicted octanol–water partition coefficient (Wildman–Crippen LogP) is 1.19. The molecule has 2 aliphatic carbocycles. The van der Waals surface area contributed by atoms with Crippen molar-refractivity contribution < 1.29 is 14.3 Å². The number of nitrogens with one attached hydrogen (secondary N) is 5. The summed E-state index contributed by atoms with van der Waals surface area (Å²) in [6.45, 7) is 8.91. The molecule has 0 aromatic rings. The summed E-state index contributed by atoms with van der Waals surface area (Å²) in [5, 5.41) is 27.9. The van der Waals surface area contributed by atoms with Crippen molar-refractivity contribution in [3.63, 3.8) is 0 Å². The maximum Gasteiger partial charge on any atom is 0.220 e. The Bertz CT molecular complexity index is 852. The zero-order valence-electron chi connectivity index (χ0n) is 25.5. The van der Waals surface area contributed by atoms with Crippen LogP contribution in [0, 0.1) is 23.2 Å². The number of ether oxygens (including phenoxy) is 2. The van der Waals surface area contributed by atoms with Crippen molar-refractivity contribution in [1.82, 2.24) is 31.5 Å². The molecule has 11 heteroatoms. The van der Waals surface area contributed by atoms with E-state index in [1.807, 2.05) is 21.0 Å². The number of nitriles is 1. The number of carbonyl (C=O) groups excluding carboxylic acids is 1. The van der Waals surface area contributed by atoms with Gasteiger partial charge in [0.05, 0.1) is 42.2 Å². The van der Waals surface area contributed by atoms with Crippen LogP contribution in [0.2, 0.25) is 0 Å². The Hall–Kier alpha value is -1.03. The van der Waals surface area contributed by atoms with Crippen LogP contribution in [-0.2, 0) is 14.3 Å². The number of piperidine rings is 1. The number of hydrogen-bond acceptors (Lipinski definition) is 9. The monoisotopic (exact) mass is 595 g/mol. The Morgan fingerprint density at radius 2 is 1.90 bits per heavy atom. The molecular weight excluding hydrogens is 542 g/mol. The second kappa shape index (κ2) is 16.2. The molecule has 4 rings (SSSR count). The van der Waals surface area contributed by atoms with Crippen LogP contribution in [0.3, 0.4) is 0 Å². The van der Waals surface area contributed by atoms with Gasteiger partial charge in [0, 0.05) is 62.9 Å². The summed E-state index contributed by atoms with van der Waals surface area (Å²) < 4.78 is 12.4. The van der Waals surface area contributed by atoms with Crippen molar-refractivity contribution in [3.05, 3.63) is 0 Å². The molecule has 41 heavy (non-hydrogen) atoms. The third-order valence-corrected chi connectivity index (χ3v) is 9.91. The van der Waals surface area contributed by atoms with Crippen LogP contribution in [0.5, 0.6) is 0 Å². The third-order valence-electron chi connectivity index (χ3n) is 9.45. The fourth-order valence-corrected chi connectivity index (χ4v) is 7.59. The van der Waals surface area contributed by atoms with Crippen molar-refractivity contribution >= 4 is 17.5 Å². The number of alkyl halides is 1. The van der Waals surface area contributed by atoms with E-state index in [4.69, 9.17) is 21.1 Å². The molecule has 2 saturated heterocycles. The minimum absolute atomic E-state index is 0.0253. The third kappa shape index (κ3) is 9.48. The molecule has 0 bridgehead atoms. The molecule has 11 atom stereocenters. The molecule has 234 valence electrons. The van der Waals surface area contributed by atoms with E-state index in [0.29, 0.717) is 38.3 Å². The Labute approximate surface area is 252 Å². The van der Waals surface area contributed by atoms with E-state index in [0.717, 1.165) is 58.2 Å². The van der Waals surface area contributed by atoms with E-state index >= 15 is 0 Å². The maximum atomic E-state index is 12.9. The van der Waals surface area contributed by atoms with Crippen molar-refractivity contribution in [1.29, 1.82) is 5.26 Å². The molecular formula is C30H54ClN7O3. The zero-order chi connectivity index (χ0) is 29.4. The van der Waals surface area contributed by atoms with E-state index < -0.39 is 0 Å². The normalized spacial score (nSPS) is 39.6. The molecule has 1 amide bonds. The van der Waals surface area contributed by atoms with Gasteiger partial charge in [0.1, 0.15) is 0 Å². The smallest absolute Gasteiger partial charge is 0.220 e. The number of halogens is 1. The summed E-state index contributed by atoms with van der Waals surface area (Å²) in [6, 6.07) is 3.88. The van der Waals surface area contributed by atoms with Crippen molar-refractivity contribution in [2.75, 3.05) is 53.5 Å². The number of fused-ring (bicyclic) bond motifs is 1. The first kappa shape index (κ1) is 32.9. The van der Waals surface area contributed by atoms with Gasteiger partial charge in [0.15, 0.2) is 0 Å². The van der Waals surface area contributed by atoms with E-state index in [1.54, 1.807) is 0 Å². The average Bonchev–Trinajstić information content (AvgIpc) is 2.94. The number of hydrogen-bond donors (Lipinski definition) is 5. The van der Waals surface area contributed by atoms with Gasteiger partial charge < -0.3 is 41.0 Å². The lowest BCUT2D eigenvalue weighted by Gasteiger charge is -2.50. The molecule has 4 aliphatic rings. The van der Waals surface area contributed by atoms with Gasteiger partial charge in [-0.1, -0.05) is 0 Å². The first-order valence-electron chi connectivity index (χ1n) is 15.9. The molecule has 5 N–H and O–H groups in total. The summed E-state index contributed by atoms with van der Waals surface area (Å²) in [5.74, 6) is 0.181. The SMILES string of the molecule is CCOC1CC2NCC(C#N)C(NC3CCC(OCC4CNC(C)CN4)C(Cl)C3)C2CC1NC(=O)CCCN(C)C. The Balaban J connectivity index is 1.33. The lowest BCUT2D eigenvalue weighted by atomic mass is 9.69. The van der Waals surface area contributed by atoms with Crippen LogP contribution in [-0.4, -0.2) is 118 Å². The summed E-state index contributed by atoms with van der Waals surface area (Å²) in [7, 11) is 4.05. The van der Waals surface area contributed by atoms with E-state index in [9.17, 15) is 10.1 Å². The zero-order valence-corrected chi connectivity index (χ0v) is 26.3. The highest BCUT2D eigenvalue weighted by Gasteiger charge is 2.47. The van der Waals surface area contributed by atoms with E-state index in [1.165, 1.54) is 0 Å². The highest BCUT2D eigenvalue weighted by atomic mass is 35.5. The highest BCUT2D eigenvalue weighted by molar-refractivity contribution is 6.21. The standard InChI is InChI=1S/C30H54ClN7O3/c1-5-40-28-13-25-23(12-26(28)37-29(39)7-6-10-38(3)4)30(20(14-32)16-35-25)36-21-8-9-27(24(31)11-21)41-18-22-17-33-19(2)15-34-22/h19-28,30,33-36H,5-13,15-18H2,1-4H3,(H,37,39). The van der Waals surface area contributed by atoms with Crippen LogP contribution >= 0.6 is 11.6 Å². The molecule has 0 spiro atoms. The first-order chi connectivity index (χ1) is 19.8. The van der Waals surface area contributed by atoms with Gasteiger partial charge in [-0.25, -0.2) is 0 Å². The molecule has 0 aromatic carbocycles. The van der Waals surface area contributed by atoms with Crippen molar-refractivity contribution in [3.8, 4) is 6.07 Å². The topological polar surface area (TPSA) is 123 Å². The van der Waals surface area contributed by atoms with E-state index in [2.05, 4.69) is 44.5 Å². The van der Waals surface area contributed by atoms with Gasteiger partial charge in [0.2, 0.25) is 5.91 Å². The molecule has 2 saturated carbocycles. The summed E-state index contributed by atoms with van der Waals surface area (Å²) in [6.07, 6.45) is 5.72. The van der Waals surface area contributed by atoms with Gasteiger partial charge in [0.25, 0.3) is 0 Å². The van der Waals surface area contributed by atoms with E-state index in [-0.39, 0.29) is 59.5 Å². The number of rotatable bonds is 12. The van der Waals surface area contributed by atoms with Crippen molar-refractivity contribution in [2.24, 2.45) is 11.8 Å². The number of carbonyl (C=O) groups is 1. The quantitative estimate of drug-likeness (QED) is 0.212. The molecule has 0 radical (unpaired) electrons. The lowest BCUT2D eigenvalue weighted by Crippen LogP contribution is -2.66. The molecule has 2 heterocycles. The Kier molecular flexibility index (Phi) is 13.0.